The van der Waals surface area contributed by atoms with Gasteiger partial charge in [0.1, 0.15) is 0 Å². The lowest BCUT2D eigenvalue weighted by molar-refractivity contribution is 1.16. The molecule has 0 aliphatic heterocycles. The van der Waals surface area contributed by atoms with Gasteiger partial charge in [-0.05, 0) is 149 Å². The average Bonchev–Trinajstić information content (AvgIpc) is 3.15. The minimum atomic E-state index is 0.968. The predicted octanol–water partition coefficient (Wildman–Crippen LogP) is 12.2. The monoisotopic (exact) mass is 698 g/mol. The maximum absolute atomic E-state index is 5.51. The molecule has 6 aromatic carbocycles. The first-order chi connectivity index (χ1) is 25.8. The van der Waals surface area contributed by atoms with E-state index in [1.165, 1.54) is 120 Å². The van der Waals surface area contributed by atoms with Crippen LogP contribution in [-0.4, -0.2) is 29.9 Å². The number of pyridine rings is 6. The zero-order valence-electron chi connectivity index (χ0n) is 32.8. The van der Waals surface area contributed by atoms with Gasteiger partial charge in [-0.1, -0.05) is 0 Å². The summed E-state index contributed by atoms with van der Waals surface area (Å²) in [6.45, 7) is 26.6. The second kappa shape index (κ2) is 9.25. The van der Waals surface area contributed by atoms with Crippen molar-refractivity contribution < 1.29 is 0 Å². The lowest BCUT2D eigenvalue weighted by Crippen LogP contribution is -2.06. The molecule has 6 heteroatoms. The summed E-state index contributed by atoms with van der Waals surface area (Å²) in [4.78, 5) is 32.4. The number of hydrogen-bond donors (Lipinski definition) is 0. The van der Waals surface area contributed by atoms with Gasteiger partial charge in [0.25, 0.3) is 0 Å². The van der Waals surface area contributed by atoms with Crippen molar-refractivity contribution in [2.24, 2.45) is 0 Å². The van der Waals surface area contributed by atoms with Gasteiger partial charge in [-0.15, -0.1) is 0 Å². The molecular weight excluding hydrogens is 661 g/mol. The highest BCUT2D eigenvalue weighted by Gasteiger charge is 2.33. The topological polar surface area (TPSA) is 77.3 Å². The van der Waals surface area contributed by atoms with Gasteiger partial charge in [-0.25, -0.2) is 0 Å². The van der Waals surface area contributed by atoms with E-state index in [1.54, 1.807) is 0 Å². The average molecular weight is 699 g/mol. The minimum Gasteiger partial charge on any atom is -0.253 e. The molecule has 0 bridgehead atoms. The fourth-order valence-electron chi connectivity index (χ4n) is 11.0. The van der Waals surface area contributed by atoms with E-state index < -0.39 is 0 Å². The summed E-state index contributed by atoms with van der Waals surface area (Å²) in [5, 5.41) is 19.5. The highest BCUT2D eigenvalue weighted by molar-refractivity contribution is 6.55. The molecule has 0 aliphatic rings. The quantitative estimate of drug-likeness (QED) is 0.116. The first kappa shape index (κ1) is 30.6. The molecule has 0 unspecified atom stereocenters. The van der Waals surface area contributed by atoms with E-state index in [0.29, 0.717) is 0 Å². The Bertz CT molecular complexity index is 3530. The van der Waals surface area contributed by atoms with Crippen LogP contribution in [0, 0.1) is 83.1 Å². The molecule has 0 fully saturated rings. The Kier molecular flexibility index (Phi) is 5.23. The molecule has 6 heterocycles. The van der Waals surface area contributed by atoms with Gasteiger partial charge < -0.3 is 0 Å². The van der Waals surface area contributed by atoms with Gasteiger partial charge in [0.15, 0.2) is 0 Å². The molecule has 0 spiro atoms. The summed E-state index contributed by atoms with van der Waals surface area (Å²) < 4.78 is 0. The molecule has 54 heavy (non-hydrogen) atoms. The SMILES string of the molecule is Cc1nc2c(c(C)c1C)c(C)c1c3c(C)c(C)nc4c5nc(C)c(C)c6c7c(C)c8c(C)c(C)c(C)nc8c8ncc9c%10cnc2c1c%10c(c43)c(c56)c9c87. The molecule has 6 nitrogen and oxygen atoms in total. The summed E-state index contributed by atoms with van der Waals surface area (Å²) in [6.07, 6.45) is 4.22. The fourth-order valence-corrected chi connectivity index (χ4v) is 11.0. The van der Waals surface area contributed by atoms with Crippen molar-refractivity contribution in [3.63, 3.8) is 0 Å². The van der Waals surface area contributed by atoms with Crippen molar-refractivity contribution in [2.45, 2.75) is 83.1 Å². The van der Waals surface area contributed by atoms with Crippen molar-refractivity contribution in [1.82, 2.24) is 29.9 Å². The Balaban J connectivity index is 1.54. The zero-order chi connectivity index (χ0) is 37.3. The number of rotatable bonds is 0. The third kappa shape index (κ3) is 3.03. The standard InChI is InChI=1S/C48H38N6/c1-15-17(3)29-21(7)33-31-19(5)25(11)53-47-41(31)37-35-27(13-49-43(39(33)35)45(29)51-23(15)9)28-14-50-44-40-34(22(8)30-18(4)16(2)24(10)52-46(30)44)32-20(6)26(12)54-48(47)42(32)38(37)36(28)40/h13-14H,1-12H3. The molecule has 0 saturated heterocycles. The van der Waals surface area contributed by atoms with Crippen molar-refractivity contribution in [3.05, 3.63) is 79.7 Å². The largest absolute Gasteiger partial charge is 0.253 e. The van der Waals surface area contributed by atoms with E-state index >= 15 is 0 Å². The van der Waals surface area contributed by atoms with Crippen LogP contribution in [0.4, 0.5) is 0 Å². The minimum absolute atomic E-state index is 0.968. The number of benzene rings is 6. The fraction of sp³-hybridized carbons (Fsp3) is 0.250. The van der Waals surface area contributed by atoms with Crippen molar-refractivity contribution in [2.75, 3.05) is 0 Å². The van der Waals surface area contributed by atoms with E-state index in [2.05, 4.69) is 95.5 Å². The van der Waals surface area contributed by atoms with E-state index in [-0.39, 0.29) is 0 Å². The van der Waals surface area contributed by atoms with Gasteiger partial charge in [0, 0.05) is 99.8 Å². The summed E-state index contributed by atoms with van der Waals surface area (Å²) in [5.74, 6) is 0. The highest BCUT2D eigenvalue weighted by atomic mass is 14.8. The lowest BCUT2D eigenvalue weighted by atomic mass is 9.77. The Labute approximate surface area is 311 Å². The predicted molar refractivity (Wildman–Crippen MR) is 227 cm³/mol. The number of aromatic nitrogens is 6. The third-order valence-corrected chi connectivity index (χ3v) is 14.2. The number of hydrogen-bond acceptors (Lipinski definition) is 6. The lowest BCUT2D eigenvalue weighted by Gasteiger charge is -2.28. The van der Waals surface area contributed by atoms with Crippen LogP contribution < -0.4 is 0 Å². The van der Waals surface area contributed by atoms with Crippen LogP contribution in [0.25, 0.3) is 119 Å². The van der Waals surface area contributed by atoms with Crippen molar-refractivity contribution in [3.8, 4) is 0 Å². The molecule has 12 aromatic rings. The molecule has 0 radical (unpaired) electrons. The van der Waals surface area contributed by atoms with Crippen LogP contribution in [0.15, 0.2) is 12.4 Å². The normalized spacial score (nSPS) is 13.2. The molecule has 12 rings (SSSR count). The zero-order valence-corrected chi connectivity index (χ0v) is 32.8. The maximum atomic E-state index is 5.51. The second-order valence-corrected chi connectivity index (χ2v) is 16.5. The van der Waals surface area contributed by atoms with E-state index in [0.717, 1.165) is 66.6 Å². The van der Waals surface area contributed by atoms with E-state index in [4.69, 9.17) is 29.9 Å². The van der Waals surface area contributed by atoms with Crippen molar-refractivity contribution >= 4 is 119 Å². The molecule has 0 atom stereocenters. The smallest absolute Gasteiger partial charge is 0.0981 e. The number of nitrogens with zero attached hydrogens (tertiary/aromatic N) is 6. The number of fused-ring (bicyclic) bond motifs is 8. The molecule has 0 N–H and O–H groups in total. The van der Waals surface area contributed by atoms with Gasteiger partial charge >= 0.3 is 0 Å². The highest BCUT2D eigenvalue weighted by Crippen LogP contribution is 2.57. The summed E-state index contributed by atoms with van der Waals surface area (Å²) in [6, 6.07) is 0. The molecule has 6 aromatic heterocycles. The number of aryl methyl sites for hydroxylation is 10. The molecular formula is C48H38N6. The molecule has 0 aliphatic carbocycles. The molecule has 260 valence electrons. The van der Waals surface area contributed by atoms with Crippen LogP contribution in [0.5, 0.6) is 0 Å². The maximum Gasteiger partial charge on any atom is 0.0981 e. The van der Waals surface area contributed by atoms with Crippen LogP contribution in [-0.2, 0) is 0 Å². The van der Waals surface area contributed by atoms with Gasteiger partial charge in [-0.2, -0.15) is 0 Å². The van der Waals surface area contributed by atoms with E-state index in [1.807, 2.05) is 0 Å². The third-order valence-electron chi connectivity index (χ3n) is 14.2. The summed E-state index contributed by atoms with van der Waals surface area (Å²) in [5.41, 5.74) is 20.0. The van der Waals surface area contributed by atoms with E-state index in [9.17, 15) is 0 Å². The van der Waals surface area contributed by atoms with Crippen LogP contribution in [0.2, 0.25) is 0 Å². The summed E-state index contributed by atoms with van der Waals surface area (Å²) >= 11 is 0. The van der Waals surface area contributed by atoms with Crippen molar-refractivity contribution in [1.29, 1.82) is 0 Å². The van der Waals surface area contributed by atoms with Gasteiger partial charge in [-0.3, -0.25) is 29.9 Å². The van der Waals surface area contributed by atoms with Crippen LogP contribution in [0.1, 0.15) is 67.3 Å². The van der Waals surface area contributed by atoms with Crippen LogP contribution in [0.3, 0.4) is 0 Å². The summed E-state index contributed by atoms with van der Waals surface area (Å²) in [7, 11) is 0. The van der Waals surface area contributed by atoms with Gasteiger partial charge in [0.05, 0.1) is 33.1 Å². The Morgan fingerprint density at radius 2 is 0.537 bits per heavy atom. The first-order valence-electron chi connectivity index (χ1n) is 19.1. The Morgan fingerprint density at radius 3 is 0.907 bits per heavy atom. The molecule has 0 amide bonds. The first-order valence-corrected chi connectivity index (χ1v) is 19.1. The molecule has 0 saturated carbocycles. The second-order valence-electron chi connectivity index (χ2n) is 16.5. The Hall–Kier alpha value is -5.88. The van der Waals surface area contributed by atoms with Crippen LogP contribution >= 0.6 is 0 Å². The van der Waals surface area contributed by atoms with Gasteiger partial charge in [0.2, 0.25) is 0 Å². The Morgan fingerprint density at radius 1 is 0.241 bits per heavy atom.